The largest absolute Gasteiger partial charge is 0.416 e. The Bertz CT molecular complexity index is 1210. The number of halogens is 3. The van der Waals surface area contributed by atoms with E-state index >= 15 is 0 Å². The average molecular weight is 435 g/mol. The number of hydrogen-bond donors (Lipinski definition) is 0. The number of alkyl halides is 3. The zero-order chi connectivity index (χ0) is 21.5. The minimum absolute atomic E-state index is 0.0254. The number of aromatic nitrogens is 3. The van der Waals surface area contributed by atoms with Gasteiger partial charge in [0.2, 0.25) is 0 Å². The molecular formula is C19H16F3N5O2S. The number of sulfonamides is 1. The van der Waals surface area contributed by atoms with Crippen LogP contribution < -0.4 is 0 Å². The first-order valence-corrected chi connectivity index (χ1v) is 10.3. The Morgan fingerprint density at radius 2 is 1.87 bits per heavy atom. The molecule has 7 nitrogen and oxygen atoms in total. The van der Waals surface area contributed by atoms with Gasteiger partial charge in [-0.1, -0.05) is 30.3 Å². The summed E-state index contributed by atoms with van der Waals surface area (Å²) in [4.78, 5) is 3.98. The summed E-state index contributed by atoms with van der Waals surface area (Å²) in [5.41, 5.74) is -0.0303. The molecule has 0 fully saturated rings. The standard InChI is InChI=1S/C19H16F3N5O2S/c1-26-11-15(10-24-26)30(28,29)27-12-16(13-5-3-2-4-6-13)18(25-27)17-9-14(7-8-23-17)19(20,21)22/h2-11,16H,12H2,1H3. The van der Waals surface area contributed by atoms with Crippen LogP contribution in [0.1, 0.15) is 22.7 Å². The molecule has 1 unspecified atom stereocenters. The lowest BCUT2D eigenvalue weighted by atomic mass is 9.92. The van der Waals surface area contributed by atoms with Gasteiger partial charge in [-0.25, -0.2) is 0 Å². The lowest BCUT2D eigenvalue weighted by molar-refractivity contribution is -0.137. The quantitative estimate of drug-likeness (QED) is 0.631. The topological polar surface area (TPSA) is 80.5 Å². The molecule has 11 heteroatoms. The van der Waals surface area contributed by atoms with Crippen molar-refractivity contribution in [2.45, 2.75) is 17.0 Å². The summed E-state index contributed by atoms with van der Waals surface area (Å²) in [6, 6.07) is 10.6. The molecule has 0 saturated heterocycles. The van der Waals surface area contributed by atoms with Gasteiger partial charge in [-0.15, -0.1) is 0 Å². The number of hydrazone groups is 1. The summed E-state index contributed by atoms with van der Waals surface area (Å²) in [7, 11) is -2.45. The summed E-state index contributed by atoms with van der Waals surface area (Å²) in [5, 5.41) is 8.06. The zero-order valence-corrected chi connectivity index (χ0v) is 16.5. The maximum Gasteiger partial charge on any atom is 0.416 e. The van der Waals surface area contributed by atoms with Crippen molar-refractivity contribution in [2.24, 2.45) is 12.1 Å². The van der Waals surface area contributed by atoms with Gasteiger partial charge in [-0.3, -0.25) is 9.67 Å². The number of aryl methyl sites for hydroxylation is 1. The second kappa shape index (κ2) is 7.24. The maximum atomic E-state index is 13.2. The minimum atomic E-state index is -4.55. The Morgan fingerprint density at radius 3 is 2.50 bits per heavy atom. The van der Waals surface area contributed by atoms with E-state index in [9.17, 15) is 21.6 Å². The Kier molecular flexibility index (Phi) is 4.85. The number of pyridine rings is 1. The van der Waals surface area contributed by atoms with Crippen LogP contribution in [0.4, 0.5) is 13.2 Å². The predicted molar refractivity (Wildman–Crippen MR) is 102 cm³/mol. The van der Waals surface area contributed by atoms with E-state index in [-0.39, 0.29) is 22.8 Å². The van der Waals surface area contributed by atoms with Gasteiger partial charge in [0.25, 0.3) is 10.0 Å². The van der Waals surface area contributed by atoms with Crippen LogP contribution in [-0.2, 0) is 23.2 Å². The molecule has 1 aliphatic heterocycles. The second-order valence-corrected chi connectivity index (χ2v) is 8.58. The van der Waals surface area contributed by atoms with Crippen molar-refractivity contribution in [2.75, 3.05) is 6.54 Å². The molecule has 0 bridgehead atoms. The number of hydrogen-bond acceptors (Lipinski definition) is 5. The van der Waals surface area contributed by atoms with E-state index in [0.717, 1.165) is 28.3 Å². The average Bonchev–Trinajstić information content (AvgIpc) is 3.36. The first kappa shape index (κ1) is 20.1. The van der Waals surface area contributed by atoms with E-state index in [0.29, 0.717) is 0 Å². The molecule has 0 N–H and O–H groups in total. The highest BCUT2D eigenvalue weighted by Gasteiger charge is 2.38. The Labute approximate surface area is 170 Å². The SMILES string of the molecule is Cn1cc(S(=O)(=O)N2CC(c3ccccc3)C(c3cc(C(F)(F)F)ccn3)=N2)cn1. The molecule has 1 atom stereocenters. The molecule has 0 aliphatic carbocycles. The van der Waals surface area contributed by atoms with Gasteiger partial charge in [-0.2, -0.15) is 36.2 Å². The Balaban J connectivity index is 1.81. The second-order valence-electron chi connectivity index (χ2n) is 6.74. The molecule has 1 aromatic carbocycles. The van der Waals surface area contributed by atoms with Crippen LogP contribution in [0.3, 0.4) is 0 Å². The van der Waals surface area contributed by atoms with Crippen molar-refractivity contribution < 1.29 is 21.6 Å². The molecule has 0 spiro atoms. The molecule has 3 heterocycles. The van der Waals surface area contributed by atoms with Gasteiger partial charge in [0, 0.05) is 19.4 Å². The molecule has 1 aliphatic rings. The number of benzene rings is 1. The molecule has 4 rings (SSSR count). The van der Waals surface area contributed by atoms with Crippen LogP contribution in [0.5, 0.6) is 0 Å². The van der Waals surface area contributed by atoms with Gasteiger partial charge in [0.15, 0.2) is 0 Å². The van der Waals surface area contributed by atoms with Gasteiger partial charge >= 0.3 is 6.18 Å². The smallest absolute Gasteiger partial charge is 0.274 e. The highest BCUT2D eigenvalue weighted by atomic mass is 32.2. The molecule has 0 saturated carbocycles. The van der Waals surface area contributed by atoms with E-state index in [1.54, 1.807) is 37.4 Å². The number of nitrogens with zero attached hydrogens (tertiary/aromatic N) is 5. The van der Waals surface area contributed by atoms with Crippen molar-refractivity contribution in [3.05, 3.63) is 77.9 Å². The molecule has 3 aromatic rings. The first-order chi connectivity index (χ1) is 14.2. The minimum Gasteiger partial charge on any atom is -0.274 e. The van der Waals surface area contributed by atoms with Gasteiger partial charge < -0.3 is 0 Å². The predicted octanol–water partition coefficient (Wildman–Crippen LogP) is 3.03. The molecule has 2 aromatic heterocycles. The van der Waals surface area contributed by atoms with Crippen molar-refractivity contribution >= 4 is 15.7 Å². The normalized spacial score (nSPS) is 17.3. The van der Waals surface area contributed by atoms with Crippen LogP contribution >= 0.6 is 0 Å². The summed E-state index contributed by atoms with van der Waals surface area (Å²) in [6.45, 7) is -0.0610. The van der Waals surface area contributed by atoms with Crippen LogP contribution in [0.15, 0.2) is 71.1 Å². The molecule has 0 amide bonds. The van der Waals surface area contributed by atoms with Gasteiger partial charge in [0.1, 0.15) is 4.90 Å². The van der Waals surface area contributed by atoms with Crippen LogP contribution in [-0.4, -0.2) is 39.9 Å². The van der Waals surface area contributed by atoms with Crippen molar-refractivity contribution in [1.82, 2.24) is 19.2 Å². The summed E-state index contributed by atoms with van der Waals surface area (Å²) >= 11 is 0. The fourth-order valence-corrected chi connectivity index (χ4v) is 4.45. The highest BCUT2D eigenvalue weighted by Crippen LogP contribution is 2.34. The third kappa shape index (κ3) is 3.67. The first-order valence-electron chi connectivity index (χ1n) is 8.85. The van der Waals surface area contributed by atoms with E-state index in [1.807, 2.05) is 0 Å². The van der Waals surface area contributed by atoms with Crippen molar-refractivity contribution in [3.8, 4) is 0 Å². The summed E-state index contributed by atoms with van der Waals surface area (Å²) in [6.07, 6.45) is -0.979. The lowest BCUT2D eigenvalue weighted by Gasteiger charge is -2.16. The molecule has 30 heavy (non-hydrogen) atoms. The lowest BCUT2D eigenvalue weighted by Crippen LogP contribution is -2.26. The van der Waals surface area contributed by atoms with Crippen molar-refractivity contribution in [1.29, 1.82) is 0 Å². The monoisotopic (exact) mass is 435 g/mol. The van der Waals surface area contributed by atoms with Gasteiger partial charge in [-0.05, 0) is 17.7 Å². The molecule has 0 radical (unpaired) electrons. The van der Waals surface area contributed by atoms with E-state index in [4.69, 9.17) is 0 Å². The summed E-state index contributed by atoms with van der Waals surface area (Å²) < 4.78 is 67.8. The van der Waals surface area contributed by atoms with Crippen LogP contribution in [0.25, 0.3) is 0 Å². The fraction of sp³-hybridized carbons (Fsp3) is 0.211. The molecule has 156 valence electrons. The van der Waals surface area contributed by atoms with E-state index in [1.165, 1.54) is 17.1 Å². The van der Waals surface area contributed by atoms with Crippen LogP contribution in [0, 0.1) is 0 Å². The van der Waals surface area contributed by atoms with E-state index in [2.05, 4.69) is 15.2 Å². The maximum absolute atomic E-state index is 13.2. The fourth-order valence-electron chi connectivity index (χ4n) is 3.20. The van der Waals surface area contributed by atoms with E-state index < -0.39 is 27.7 Å². The van der Waals surface area contributed by atoms with Crippen molar-refractivity contribution in [3.63, 3.8) is 0 Å². The van der Waals surface area contributed by atoms with Gasteiger partial charge in [0.05, 0.1) is 35.6 Å². The molecular weight excluding hydrogens is 419 g/mol. The summed E-state index contributed by atoms with van der Waals surface area (Å²) in [5.74, 6) is -0.575. The Morgan fingerprint density at radius 1 is 1.13 bits per heavy atom. The third-order valence-corrected chi connectivity index (χ3v) is 6.29. The van der Waals surface area contributed by atoms with Crippen LogP contribution in [0.2, 0.25) is 0 Å². The highest BCUT2D eigenvalue weighted by molar-refractivity contribution is 7.89. The number of rotatable bonds is 4. The zero-order valence-electron chi connectivity index (χ0n) is 15.7. The third-order valence-electron chi connectivity index (χ3n) is 4.70. The Hall–Kier alpha value is -3.21.